The third-order valence-corrected chi connectivity index (χ3v) is 4.95. The Morgan fingerprint density at radius 2 is 1.88 bits per heavy atom. The lowest BCUT2D eigenvalue weighted by molar-refractivity contribution is -0.137. The average Bonchev–Trinajstić information content (AvgIpc) is 3.10. The van der Waals surface area contributed by atoms with Crippen molar-refractivity contribution in [3.8, 4) is 11.3 Å². The van der Waals surface area contributed by atoms with Gasteiger partial charge in [-0.2, -0.15) is 18.3 Å². The molecule has 1 aliphatic rings. The lowest BCUT2D eigenvalue weighted by Crippen LogP contribution is -2.27. The molecule has 0 fully saturated rings. The highest BCUT2D eigenvalue weighted by molar-refractivity contribution is 5.92. The molecule has 1 unspecified atom stereocenters. The zero-order valence-electron chi connectivity index (χ0n) is 17.5. The smallest absolute Gasteiger partial charge is 0.416 e. The Bertz CT molecular complexity index is 1160. The summed E-state index contributed by atoms with van der Waals surface area (Å²) in [6.45, 7) is 3.46. The molecule has 0 radical (unpaired) electrons. The number of benzene rings is 2. The highest BCUT2D eigenvalue weighted by Crippen LogP contribution is 2.47. The predicted molar refractivity (Wildman–Crippen MR) is 112 cm³/mol. The Morgan fingerprint density at radius 3 is 2.50 bits per heavy atom. The van der Waals surface area contributed by atoms with Crippen molar-refractivity contribution in [2.24, 2.45) is 7.05 Å². The predicted octanol–water partition coefficient (Wildman–Crippen LogP) is 5.21. The van der Waals surface area contributed by atoms with Gasteiger partial charge >= 0.3 is 12.3 Å². The van der Waals surface area contributed by atoms with Crippen LogP contribution in [0.4, 0.5) is 35.0 Å². The fourth-order valence-electron chi connectivity index (χ4n) is 3.64. The van der Waals surface area contributed by atoms with Crippen LogP contribution < -0.4 is 10.2 Å². The Balaban J connectivity index is 1.77. The zero-order valence-corrected chi connectivity index (χ0v) is 17.5. The monoisotopic (exact) mass is 446 g/mol. The van der Waals surface area contributed by atoms with Gasteiger partial charge in [0.15, 0.2) is 6.23 Å². The fraction of sp³-hybridized carbons (Fsp3) is 0.273. The van der Waals surface area contributed by atoms with Gasteiger partial charge in [0.05, 0.1) is 17.4 Å². The van der Waals surface area contributed by atoms with Gasteiger partial charge in [0.1, 0.15) is 5.69 Å². The number of aliphatic hydroxyl groups is 1. The third-order valence-electron chi connectivity index (χ3n) is 4.95. The number of halogens is 3. The van der Waals surface area contributed by atoms with E-state index in [2.05, 4.69) is 10.4 Å². The molecule has 0 bridgehead atoms. The highest BCUT2D eigenvalue weighted by Gasteiger charge is 2.35. The largest absolute Gasteiger partial charge is 0.447 e. The zero-order chi connectivity index (χ0) is 23.2. The molecule has 0 saturated carbocycles. The quantitative estimate of drug-likeness (QED) is 0.578. The van der Waals surface area contributed by atoms with Crippen molar-refractivity contribution in [2.45, 2.75) is 32.4 Å². The van der Waals surface area contributed by atoms with Gasteiger partial charge in [-0.05, 0) is 56.3 Å². The van der Waals surface area contributed by atoms with Gasteiger partial charge in [-0.15, -0.1) is 0 Å². The number of aromatic nitrogens is 2. The van der Waals surface area contributed by atoms with E-state index in [-0.39, 0.29) is 6.10 Å². The highest BCUT2D eigenvalue weighted by atomic mass is 19.4. The number of carbonyl (C=O) groups excluding carboxylic acids is 1. The van der Waals surface area contributed by atoms with Crippen LogP contribution in [0.25, 0.3) is 11.3 Å². The van der Waals surface area contributed by atoms with E-state index in [1.54, 1.807) is 50.0 Å². The Morgan fingerprint density at radius 1 is 1.19 bits per heavy atom. The molecule has 0 spiro atoms. The molecule has 2 aromatic carbocycles. The van der Waals surface area contributed by atoms with E-state index in [1.807, 2.05) is 0 Å². The number of rotatable bonds is 3. The first-order valence-corrected chi connectivity index (χ1v) is 9.84. The molecular weight excluding hydrogens is 425 g/mol. The van der Waals surface area contributed by atoms with Crippen LogP contribution >= 0.6 is 0 Å². The maximum absolute atomic E-state index is 13.0. The Labute approximate surface area is 182 Å². The van der Waals surface area contributed by atoms with Crippen LogP contribution in [0, 0.1) is 0 Å². The molecule has 1 aromatic heterocycles. The molecule has 2 N–H and O–H groups in total. The van der Waals surface area contributed by atoms with Crippen molar-refractivity contribution >= 4 is 23.2 Å². The molecule has 0 saturated heterocycles. The number of hydrogen-bond acceptors (Lipinski definition) is 5. The molecule has 3 aromatic rings. The molecule has 10 heteroatoms. The summed E-state index contributed by atoms with van der Waals surface area (Å²) in [4.78, 5) is 13.5. The molecule has 7 nitrogen and oxygen atoms in total. The van der Waals surface area contributed by atoms with Crippen LogP contribution in [-0.2, 0) is 18.0 Å². The number of nitrogens with one attached hydrogen (secondary N) is 1. The lowest BCUT2D eigenvalue weighted by Gasteiger charge is -2.35. The summed E-state index contributed by atoms with van der Waals surface area (Å²) in [6.07, 6.45) is -4.88. The second-order valence-corrected chi connectivity index (χ2v) is 7.71. The van der Waals surface area contributed by atoms with Gasteiger partial charge in [-0.3, -0.25) is 10.00 Å². The number of alkyl halides is 3. The van der Waals surface area contributed by atoms with Crippen LogP contribution in [-0.4, -0.2) is 27.1 Å². The number of nitrogens with zero attached hydrogens (tertiary/aromatic N) is 3. The van der Waals surface area contributed by atoms with Gasteiger partial charge in [0, 0.05) is 35.7 Å². The molecule has 32 heavy (non-hydrogen) atoms. The van der Waals surface area contributed by atoms with Gasteiger partial charge in [0.2, 0.25) is 0 Å². The minimum atomic E-state index is -4.46. The van der Waals surface area contributed by atoms with E-state index in [0.29, 0.717) is 33.9 Å². The summed E-state index contributed by atoms with van der Waals surface area (Å²) in [5, 5.41) is 18.1. The second kappa shape index (κ2) is 7.86. The number of aliphatic hydroxyl groups excluding tert-OH is 1. The lowest BCUT2D eigenvalue weighted by atomic mass is 9.97. The maximum Gasteiger partial charge on any atom is 0.416 e. The normalized spacial score (nSPS) is 15.4. The summed E-state index contributed by atoms with van der Waals surface area (Å²) >= 11 is 0. The summed E-state index contributed by atoms with van der Waals surface area (Å²) in [5.41, 5.74) is 2.19. The van der Waals surface area contributed by atoms with E-state index in [1.165, 1.54) is 17.0 Å². The van der Waals surface area contributed by atoms with Crippen LogP contribution in [0.1, 0.15) is 31.2 Å². The molecule has 0 aliphatic carbocycles. The number of carbonyl (C=O) groups is 1. The first kappa shape index (κ1) is 21.7. The average molecular weight is 446 g/mol. The number of ether oxygens (including phenoxy) is 1. The first-order chi connectivity index (χ1) is 15.0. The topological polar surface area (TPSA) is 79.6 Å². The number of fused-ring (bicyclic) bond motifs is 3. The van der Waals surface area contributed by atoms with E-state index in [0.717, 1.165) is 12.1 Å². The molecule has 4 rings (SSSR count). The third kappa shape index (κ3) is 4.01. The molecule has 1 atom stereocenters. The minimum Gasteiger partial charge on any atom is -0.447 e. The maximum atomic E-state index is 13.0. The SMILES string of the molecule is CC(C)OC(=O)Nc1ccc2c(c1)-c1nn(C)cc1C(O)N2c1ccc(C(F)(F)F)cc1. The number of aryl methyl sites for hydroxylation is 1. The summed E-state index contributed by atoms with van der Waals surface area (Å²) in [6, 6.07) is 9.53. The van der Waals surface area contributed by atoms with E-state index < -0.39 is 24.1 Å². The van der Waals surface area contributed by atoms with Crippen LogP contribution in [0.3, 0.4) is 0 Å². The van der Waals surface area contributed by atoms with E-state index >= 15 is 0 Å². The number of hydrogen-bond donors (Lipinski definition) is 2. The second-order valence-electron chi connectivity index (χ2n) is 7.71. The van der Waals surface area contributed by atoms with Gasteiger partial charge in [-0.25, -0.2) is 4.79 Å². The van der Waals surface area contributed by atoms with Gasteiger partial charge in [-0.1, -0.05) is 0 Å². The summed E-state index contributed by atoms with van der Waals surface area (Å²) in [5.74, 6) is 0. The van der Waals surface area contributed by atoms with Crippen LogP contribution in [0.2, 0.25) is 0 Å². The molecule has 1 amide bonds. The van der Waals surface area contributed by atoms with Crippen molar-refractivity contribution in [1.82, 2.24) is 9.78 Å². The van der Waals surface area contributed by atoms with E-state index in [9.17, 15) is 23.1 Å². The van der Waals surface area contributed by atoms with Gasteiger partial charge < -0.3 is 14.7 Å². The number of amides is 1. The van der Waals surface area contributed by atoms with E-state index in [4.69, 9.17) is 4.74 Å². The minimum absolute atomic E-state index is 0.291. The Kier molecular flexibility index (Phi) is 5.33. The van der Waals surface area contributed by atoms with Crippen LogP contribution in [0.5, 0.6) is 0 Å². The molecule has 168 valence electrons. The Hall–Kier alpha value is -3.53. The summed E-state index contributed by atoms with van der Waals surface area (Å²) < 4.78 is 45.6. The molecule has 2 heterocycles. The van der Waals surface area contributed by atoms with Gasteiger partial charge in [0.25, 0.3) is 0 Å². The van der Waals surface area contributed by atoms with Crippen molar-refractivity contribution in [3.63, 3.8) is 0 Å². The van der Waals surface area contributed by atoms with Crippen molar-refractivity contribution in [1.29, 1.82) is 0 Å². The first-order valence-electron chi connectivity index (χ1n) is 9.84. The van der Waals surface area contributed by atoms with Crippen molar-refractivity contribution in [3.05, 3.63) is 59.8 Å². The number of anilines is 3. The van der Waals surface area contributed by atoms with Crippen LogP contribution in [0.15, 0.2) is 48.7 Å². The standard InChI is InChI=1S/C22H21F3N4O3/c1-12(2)32-21(31)26-14-6-9-18-16(10-14)19-17(11-28(3)27-19)20(30)29(18)15-7-4-13(5-8-15)22(23,24)25/h4-12,20,30H,1-3H3,(H,26,31). The van der Waals surface area contributed by atoms with Crippen molar-refractivity contribution < 1.29 is 27.8 Å². The summed E-state index contributed by atoms with van der Waals surface area (Å²) in [7, 11) is 1.70. The van der Waals surface area contributed by atoms with Crippen molar-refractivity contribution in [2.75, 3.05) is 10.2 Å². The molecule has 1 aliphatic heterocycles. The fourth-order valence-corrected chi connectivity index (χ4v) is 3.64. The molecular formula is C22H21F3N4O3.